The second kappa shape index (κ2) is 6.42. The van der Waals surface area contributed by atoms with Crippen molar-refractivity contribution in [3.8, 4) is 11.1 Å². The van der Waals surface area contributed by atoms with Gasteiger partial charge in [0.15, 0.2) is 0 Å². The topological polar surface area (TPSA) is 29.3 Å². The molecule has 1 heterocycles. The van der Waals surface area contributed by atoms with Crippen LogP contribution in [0.3, 0.4) is 0 Å². The molecule has 1 fully saturated rings. The van der Waals surface area contributed by atoms with Gasteiger partial charge in [-0.1, -0.05) is 61.5 Å². The summed E-state index contributed by atoms with van der Waals surface area (Å²) in [6.07, 6.45) is 1.22. The third kappa shape index (κ3) is 2.87. The lowest BCUT2D eigenvalue weighted by atomic mass is 9.92. The molecule has 0 spiro atoms. The predicted octanol–water partition coefficient (Wildman–Crippen LogP) is 3.70. The van der Waals surface area contributed by atoms with E-state index in [1.807, 2.05) is 0 Å². The summed E-state index contributed by atoms with van der Waals surface area (Å²) >= 11 is 0. The van der Waals surface area contributed by atoms with Gasteiger partial charge in [0.25, 0.3) is 0 Å². The summed E-state index contributed by atoms with van der Waals surface area (Å²) in [6.45, 7) is 5.29. The first-order valence-electron chi connectivity index (χ1n) is 7.93. The van der Waals surface area contributed by atoms with E-state index >= 15 is 0 Å². The summed E-state index contributed by atoms with van der Waals surface area (Å²) in [7, 11) is 0. The van der Waals surface area contributed by atoms with Gasteiger partial charge in [0, 0.05) is 6.04 Å². The normalized spacial score (nSPS) is 22.6. The van der Waals surface area contributed by atoms with Crippen LogP contribution in [0.2, 0.25) is 0 Å². The van der Waals surface area contributed by atoms with Gasteiger partial charge in [0.2, 0.25) is 0 Å². The molecule has 0 aliphatic carbocycles. The molecule has 2 aromatic carbocycles. The van der Waals surface area contributed by atoms with Gasteiger partial charge < -0.3 is 5.73 Å². The van der Waals surface area contributed by atoms with Crippen LogP contribution in [0.25, 0.3) is 11.1 Å². The van der Waals surface area contributed by atoms with E-state index in [1.54, 1.807) is 0 Å². The van der Waals surface area contributed by atoms with Crippen molar-refractivity contribution in [1.29, 1.82) is 0 Å². The third-order valence-corrected chi connectivity index (χ3v) is 4.70. The SMILES string of the molecule is CCN1CCC(CN)C1c1ccc(-c2ccccc2)cc1. The van der Waals surface area contributed by atoms with Crippen molar-refractivity contribution in [3.63, 3.8) is 0 Å². The van der Waals surface area contributed by atoms with Crippen LogP contribution in [0, 0.1) is 5.92 Å². The monoisotopic (exact) mass is 280 g/mol. The standard InChI is InChI=1S/C19H24N2/c1-2-21-13-12-18(14-20)19(21)17-10-8-16(9-11-17)15-6-4-3-5-7-15/h3-11,18-19H,2,12-14,20H2,1H3. The minimum Gasteiger partial charge on any atom is -0.330 e. The molecular formula is C19H24N2. The maximum atomic E-state index is 5.97. The van der Waals surface area contributed by atoms with Crippen LogP contribution in [0.1, 0.15) is 24.9 Å². The summed E-state index contributed by atoms with van der Waals surface area (Å²) < 4.78 is 0. The maximum Gasteiger partial charge on any atom is 0.0388 e. The van der Waals surface area contributed by atoms with Gasteiger partial charge >= 0.3 is 0 Å². The third-order valence-electron chi connectivity index (χ3n) is 4.70. The molecular weight excluding hydrogens is 256 g/mol. The molecule has 0 saturated carbocycles. The first-order chi connectivity index (χ1) is 10.3. The number of hydrogen-bond acceptors (Lipinski definition) is 2. The Balaban J connectivity index is 1.86. The predicted molar refractivity (Wildman–Crippen MR) is 89.0 cm³/mol. The molecule has 2 nitrogen and oxygen atoms in total. The summed E-state index contributed by atoms with van der Waals surface area (Å²) in [5.74, 6) is 0.590. The van der Waals surface area contributed by atoms with E-state index in [0.29, 0.717) is 12.0 Å². The van der Waals surface area contributed by atoms with E-state index in [-0.39, 0.29) is 0 Å². The van der Waals surface area contributed by atoms with Crippen molar-refractivity contribution in [3.05, 3.63) is 60.2 Å². The Bertz CT molecular complexity index is 550. The van der Waals surface area contributed by atoms with Crippen molar-refractivity contribution in [2.24, 2.45) is 11.7 Å². The molecule has 2 heteroatoms. The number of hydrogen-bond donors (Lipinski definition) is 1. The van der Waals surface area contributed by atoms with Crippen molar-refractivity contribution < 1.29 is 0 Å². The first-order valence-corrected chi connectivity index (χ1v) is 7.93. The molecule has 2 N–H and O–H groups in total. The Hall–Kier alpha value is -1.64. The zero-order valence-corrected chi connectivity index (χ0v) is 12.7. The lowest BCUT2D eigenvalue weighted by Gasteiger charge is -2.27. The highest BCUT2D eigenvalue weighted by atomic mass is 15.2. The molecule has 21 heavy (non-hydrogen) atoms. The lowest BCUT2D eigenvalue weighted by molar-refractivity contribution is 0.242. The fourth-order valence-corrected chi connectivity index (χ4v) is 3.51. The number of likely N-dealkylation sites (tertiary alicyclic amines) is 1. The van der Waals surface area contributed by atoms with Gasteiger partial charge in [-0.3, -0.25) is 4.90 Å². The van der Waals surface area contributed by atoms with E-state index in [9.17, 15) is 0 Å². The van der Waals surface area contributed by atoms with Crippen LogP contribution in [-0.2, 0) is 0 Å². The van der Waals surface area contributed by atoms with Gasteiger partial charge in [-0.05, 0) is 48.7 Å². The Kier molecular flexibility index (Phi) is 4.37. The summed E-state index contributed by atoms with van der Waals surface area (Å²) in [5, 5.41) is 0. The summed E-state index contributed by atoms with van der Waals surface area (Å²) in [6, 6.07) is 20.1. The Labute approximate surface area is 127 Å². The average molecular weight is 280 g/mol. The highest BCUT2D eigenvalue weighted by Crippen LogP contribution is 2.37. The number of nitrogens with zero attached hydrogens (tertiary/aromatic N) is 1. The summed E-state index contributed by atoms with van der Waals surface area (Å²) in [4.78, 5) is 2.55. The second-order valence-electron chi connectivity index (χ2n) is 5.85. The molecule has 1 aliphatic heterocycles. The van der Waals surface area contributed by atoms with E-state index < -0.39 is 0 Å². The van der Waals surface area contributed by atoms with E-state index in [1.165, 1.54) is 29.7 Å². The molecule has 2 aromatic rings. The quantitative estimate of drug-likeness (QED) is 0.925. The largest absolute Gasteiger partial charge is 0.330 e. The van der Waals surface area contributed by atoms with Crippen molar-refractivity contribution >= 4 is 0 Å². The number of rotatable bonds is 4. The van der Waals surface area contributed by atoms with Gasteiger partial charge in [-0.2, -0.15) is 0 Å². The minimum atomic E-state index is 0.491. The molecule has 110 valence electrons. The molecule has 2 atom stereocenters. The zero-order chi connectivity index (χ0) is 14.7. The lowest BCUT2D eigenvalue weighted by Crippen LogP contribution is -2.28. The fourth-order valence-electron chi connectivity index (χ4n) is 3.51. The summed E-state index contributed by atoms with van der Waals surface area (Å²) in [5.41, 5.74) is 9.94. The van der Waals surface area contributed by atoms with Gasteiger partial charge in [-0.25, -0.2) is 0 Å². The van der Waals surface area contributed by atoms with E-state index in [4.69, 9.17) is 5.73 Å². The second-order valence-corrected chi connectivity index (χ2v) is 5.85. The highest BCUT2D eigenvalue weighted by molar-refractivity contribution is 5.63. The molecule has 3 rings (SSSR count). The van der Waals surface area contributed by atoms with Crippen molar-refractivity contribution in [2.75, 3.05) is 19.6 Å². The van der Waals surface area contributed by atoms with Crippen LogP contribution in [0.5, 0.6) is 0 Å². The Morgan fingerprint density at radius 3 is 2.29 bits per heavy atom. The number of nitrogens with two attached hydrogens (primary N) is 1. The van der Waals surface area contributed by atoms with E-state index in [2.05, 4.69) is 66.4 Å². The molecule has 0 amide bonds. The molecule has 0 radical (unpaired) electrons. The maximum absolute atomic E-state index is 5.97. The van der Waals surface area contributed by atoms with E-state index in [0.717, 1.165) is 13.1 Å². The number of benzene rings is 2. The first kappa shape index (κ1) is 14.3. The van der Waals surface area contributed by atoms with Gasteiger partial charge in [0.05, 0.1) is 0 Å². The van der Waals surface area contributed by atoms with Gasteiger partial charge in [-0.15, -0.1) is 0 Å². The molecule has 1 aliphatic rings. The van der Waals surface area contributed by atoms with Crippen LogP contribution in [-0.4, -0.2) is 24.5 Å². The van der Waals surface area contributed by atoms with Crippen LogP contribution in [0.4, 0.5) is 0 Å². The molecule has 0 aromatic heterocycles. The van der Waals surface area contributed by atoms with Crippen LogP contribution >= 0.6 is 0 Å². The smallest absolute Gasteiger partial charge is 0.0388 e. The molecule has 1 saturated heterocycles. The zero-order valence-electron chi connectivity index (χ0n) is 12.7. The van der Waals surface area contributed by atoms with Crippen molar-refractivity contribution in [2.45, 2.75) is 19.4 Å². The Morgan fingerprint density at radius 2 is 1.67 bits per heavy atom. The van der Waals surface area contributed by atoms with Crippen molar-refractivity contribution in [1.82, 2.24) is 4.90 Å². The Morgan fingerprint density at radius 1 is 1.00 bits per heavy atom. The van der Waals surface area contributed by atoms with Crippen LogP contribution < -0.4 is 5.73 Å². The average Bonchev–Trinajstić information content (AvgIpc) is 2.99. The fraction of sp³-hybridized carbons (Fsp3) is 0.368. The van der Waals surface area contributed by atoms with Gasteiger partial charge in [0.1, 0.15) is 0 Å². The minimum absolute atomic E-state index is 0.491. The molecule has 2 unspecified atom stereocenters. The van der Waals surface area contributed by atoms with Crippen LogP contribution in [0.15, 0.2) is 54.6 Å². The highest BCUT2D eigenvalue weighted by Gasteiger charge is 2.33. The molecule has 0 bridgehead atoms.